The first-order valence-corrected chi connectivity index (χ1v) is 10.9. The van der Waals surface area contributed by atoms with Crippen LogP contribution in [0.3, 0.4) is 0 Å². The van der Waals surface area contributed by atoms with Crippen molar-refractivity contribution in [2.45, 2.75) is 6.92 Å². The Morgan fingerprint density at radius 1 is 1.62 bits per heavy atom. The van der Waals surface area contributed by atoms with Gasteiger partial charge in [-0.1, -0.05) is 6.58 Å². The average molecular weight is 452 g/mol. The second kappa shape index (κ2) is 9.02. The first-order chi connectivity index (χ1) is 7.61. The third kappa shape index (κ3) is 5.87. The van der Waals surface area contributed by atoms with Gasteiger partial charge in [-0.25, -0.2) is 9.59 Å². The van der Waals surface area contributed by atoms with E-state index in [1.165, 1.54) is 0 Å². The molecule has 0 radical (unpaired) electrons. The highest BCUT2D eigenvalue weighted by molar-refractivity contribution is 15.0. The number of halogens is 2. The summed E-state index contributed by atoms with van der Waals surface area (Å²) in [6.07, 6.45) is 0. The Hall–Kier alpha value is -0.0600. The third-order valence-electron chi connectivity index (χ3n) is 1.89. The molecule has 0 spiro atoms. The summed E-state index contributed by atoms with van der Waals surface area (Å²) < 4.78 is 4.85. The van der Waals surface area contributed by atoms with Gasteiger partial charge in [-0.3, -0.25) is 0 Å². The number of carbonyl (C=O) groups excluding carboxylic acids is 2. The number of nitrogens with one attached hydrogen (secondary N) is 1. The van der Waals surface area contributed by atoms with Crippen LogP contribution in [0.1, 0.15) is 6.92 Å². The van der Waals surface area contributed by atoms with Gasteiger partial charge in [-0.2, -0.15) is 0 Å². The molecule has 0 aromatic carbocycles. The topological polar surface area (TPSA) is 58.6 Å². The van der Waals surface area contributed by atoms with E-state index in [0.717, 1.165) is 0 Å². The molecule has 5 nitrogen and oxygen atoms in total. The summed E-state index contributed by atoms with van der Waals surface area (Å²) in [5.74, 6) is -0.412. The van der Waals surface area contributed by atoms with E-state index in [0.29, 0.717) is 25.2 Å². The highest BCUT2D eigenvalue weighted by atomic mass is 128. The van der Waals surface area contributed by atoms with Crippen molar-refractivity contribution in [1.29, 1.82) is 0 Å². The Bertz CT molecular complexity index is 271. The molecule has 1 N–H and O–H groups in total. The Kier molecular flexibility index (Phi) is 8.99. The molecule has 0 unspecified atom stereocenters. The van der Waals surface area contributed by atoms with Gasteiger partial charge in [0, 0.05) is 55.9 Å². The molecular weight excluding hydrogens is 438 g/mol. The number of esters is 1. The minimum Gasteiger partial charge on any atom is -0.460 e. The lowest BCUT2D eigenvalue weighted by atomic mass is 10.4. The molecule has 1 aliphatic rings. The SMILES string of the molecule is C=C(C)C(=O)OCCN1CCNC1=O.II. The maximum Gasteiger partial charge on any atom is 0.333 e. The smallest absolute Gasteiger partial charge is 0.333 e. The first kappa shape index (κ1) is 15.9. The zero-order valence-corrected chi connectivity index (χ0v) is 13.3. The molecule has 1 aliphatic heterocycles. The number of amides is 2. The van der Waals surface area contributed by atoms with Crippen molar-refractivity contribution in [2.75, 3.05) is 26.2 Å². The lowest BCUT2D eigenvalue weighted by Gasteiger charge is -2.13. The Balaban J connectivity index is 0.00000106. The second-order valence-electron chi connectivity index (χ2n) is 3.14. The van der Waals surface area contributed by atoms with Crippen molar-refractivity contribution in [3.63, 3.8) is 0 Å². The predicted molar refractivity (Wildman–Crippen MR) is 78.8 cm³/mol. The molecule has 0 bridgehead atoms. The minimum absolute atomic E-state index is 0.101. The van der Waals surface area contributed by atoms with Gasteiger partial charge < -0.3 is 15.0 Å². The number of hydrogen-bond acceptors (Lipinski definition) is 3. The Labute approximate surface area is 118 Å². The lowest BCUT2D eigenvalue weighted by molar-refractivity contribution is -0.139. The summed E-state index contributed by atoms with van der Waals surface area (Å²) in [6.45, 7) is 7.03. The molecule has 0 aromatic heterocycles. The Morgan fingerprint density at radius 2 is 2.25 bits per heavy atom. The second-order valence-corrected chi connectivity index (χ2v) is 3.14. The Morgan fingerprint density at radius 3 is 2.69 bits per heavy atom. The van der Waals surface area contributed by atoms with Gasteiger partial charge in [0.25, 0.3) is 0 Å². The zero-order valence-electron chi connectivity index (χ0n) is 8.96. The van der Waals surface area contributed by atoms with Crippen LogP contribution in [0.15, 0.2) is 12.2 Å². The van der Waals surface area contributed by atoms with Crippen LogP contribution in [-0.2, 0) is 9.53 Å². The van der Waals surface area contributed by atoms with Crippen molar-refractivity contribution in [3.8, 4) is 0 Å². The van der Waals surface area contributed by atoms with Gasteiger partial charge in [0.05, 0.1) is 6.54 Å². The number of hydrogen-bond donors (Lipinski definition) is 1. The molecule has 2 amide bonds. The number of ether oxygens (including phenoxy) is 1. The summed E-state index contributed by atoms with van der Waals surface area (Å²) in [7, 11) is 0. The fraction of sp³-hybridized carbons (Fsp3) is 0.556. The minimum atomic E-state index is -0.412. The highest BCUT2D eigenvalue weighted by Gasteiger charge is 2.18. The van der Waals surface area contributed by atoms with Gasteiger partial charge in [-0.15, -0.1) is 0 Å². The van der Waals surface area contributed by atoms with Gasteiger partial charge in [0.1, 0.15) is 6.61 Å². The maximum absolute atomic E-state index is 11.0. The van der Waals surface area contributed by atoms with Crippen LogP contribution in [0.4, 0.5) is 4.79 Å². The molecule has 0 aliphatic carbocycles. The molecule has 92 valence electrons. The van der Waals surface area contributed by atoms with E-state index >= 15 is 0 Å². The zero-order chi connectivity index (χ0) is 12.6. The van der Waals surface area contributed by atoms with Crippen LogP contribution in [0.5, 0.6) is 0 Å². The van der Waals surface area contributed by atoms with Crippen LogP contribution in [-0.4, -0.2) is 43.1 Å². The standard InChI is InChI=1S/C9H14N2O3.I2/c1-7(2)8(12)14-6-5-11-4-3-10-9(11)13;1-2/h1,3-6H2,2H3,(H,10,13);. The first-order valence-electron chi connectivity index (χ1n) is 4.61. The molecule has 1 heterocycles. The van der Waals surface area contributed by atoms with E-state index in [4.69, 9.17) is 4.74 Å². The summed E-state index contributed by atoms with van der Waals surface area (Å²) >= 11 is 4.24. The number of nitrogens with zero attached hydrogens (tertiary/aromatic N) is 1. The molecule has 1 fully saturated rings. The molecular formula is C9H14I2N2O3. The van der Waals surface area contributed by atoms with Crippen molar-refractivity contribution in [3.05, 3.63) is 12.2 Å². The van der Waals surface area contributed by atoms with E-state index in [9.17, 15) is 9.59 Å². The molecule has 16 heavy (non-hydrogen) atoms. The van der Waals surface area contributed by atoms with Crippen molar-refractivity contribution in [1.82, 2.24) is 10.2 Å². The number of rotatable bonds is 4. The van der Waals surface area contributed by atoms with E-state index in [-0.39, 0.29) is 12.6 Å². The lowest BCUT2D eigenvalue weighted by Crippen LogP contribution is -2.31. The quantitative estimate of drug-likeness (QED) is 0.403. The normalized spacial score (nSPS) is 13.7. The van der Waals surface area contributed by atoms with Crippen LogP contribution >= 0.6 is 37.2 Å². The molecule has 7 heteroatoms. The van der Waals surface area contributed by atoms with Gasteiger partial charge in [-0.05, 0) is 6.92 Å². The largest absolute Gasteiger partial charge is 0.460 e. The summed E-state index contributed by atoms with van der Waals surface area (Å²) in [5, 5.41) is 2.66. The number of carbonyl (C=O) groups is 2. The van der Waals surface area contributed by atoms with E-state index in [1.807, 2.05) is 0 Å². The third-order valence-corrected chi connectivity index (χ3v) is 1.89. The number of urea groups is 1. The average Bonchev–Trinajstić information content (AvgIpc) is 2.67. The molecule has 0 saturated carbocycles. The molecule has 1 saturated heterocycles. The van der Waals surface area contributed by atoms with Gasteiger partial charge >= 0.3 is 12.0 Å². The van der Waals surface area contributed by atoms with Crippen LogP contribution in [0, 0.1) is 0 Å². The summed E-state index contributed by atoms with van der Waals surface area (Å²) in [5.41, 5.74) is 0.371. The summed E-state index contributed by atoms with van der Waals surface area (Å²) in [6, 6.07) is -0.101. The van der Waals surface area contributed by atoms with E-state index < -0.39 is 5.97 Å². The van der Waals surface area contributed by atoms with Crippen molar-refractivity contribution < 1.29 is 14.3 Å². The maximum atomic E-state index is 11.0. The van der Waals surface area contributed by atoms with Crippen LogP contribution in [0.25, 0.3) is 0 Å². The molecule has 0 atom stereocenters. The van der Waals surface area contributed by atoms with Crippen LogP contribution < -0.4 is 5.32 Å². The van der Waals surface area contributed by atoms with Crippen molar-refractivity contribution in [2.24, 2.45) is 0 Å². The van der Waals surface area contributed by atoms with Gasteiger partial charge in [0.15, 0.2) is 0 Å². The van der Waals surface area contributed by atoms with Crippen molar-refractivity contribution >= 4 is 49.2 Å². The highest BCUT2D eigenvalue weighted by Crippen LogP contribution is 1.97. The molecule has 1 rings (SSSR count). The summed E-state index contributed by atoms with van der Waals surface area (Å²) in [4.78, 5) is 23.6. The fourth-order valence-electron chi connectivity index (χ4n) is 1.10. The van der Waals surface area contributed by atoms with E-state index in [1.54, 1.807) is 11.8 Å². The predicted octanol–water partition coefficient (Wildman–Crippen LogP) is 1.90. The van der Waals surface area contributed by atoms with E-state index in [2.05, 4.69) is 49.1 Å². The monoisotopic (exact) mass is 452 g/mol. The molecule has 0 aromatic rings. The van der Waals surface area contributed by atoms with Gasteiger partial charge in [0.2, 0.25) is 0 Å². The fourth-order valence-corrected chi connectivity index (χ4v) is 1.10. The van der Waals surface area contributed by atoms with Crippen LogP contribution in [0.2, 0.25) is 0 Å².